The Balaban J connectivity index is 1.64. The maximum absolute atomic E-state index is 8.80. The zero-order valence-electron chi connectivity index (χ0n) is 11.8. The van der Waals surface area contributed by atoms with E-state index < -0.39 is 0 Å². The van der Waals surface area contributed by atoms with E-state index in [1.54, 1.807) is 16.0 Å². The van der Waals surface area contributed by atoms with Gasteiger partial charge in [-0.2, -0.15) is 0 Å². The number of rotatable bonds is 6. The van der Waals surface area contributed by atoms with Crippen LogP contribution in [-0.2, 0) is 13.1 Å². The molecule has 2 heterocycles. The highest BCUT2D eigenvalue weighted by molar-refractivity contribution is 7.18. The van der Waals surface area contributed by atoms with E-state index in [-0.39, 0.29) is 6.61 Å². The molecule has 7 heteroatoms. The standard InChI is InChI=1S/C14H17N5OS/c1-10-16-13-4-3-11(7-14(13)21-10)15-8-12-9-19(18-17-12)5-2-6-20/h3-4,7,9,15,20H,2,5-6,8H2,1H3. The number of fused-ring (bicyclic) bond motifs is 1. The molecule has 0 atom stereocenters. The second kappa shape index (κ2) is 6.19. The highest BCUT2D eigenvalue weighted by Crippen LogP contribution is 2.24. The molecule has 3 rings (SSSR count). The first-order valence-corrected chi connectivity index (χ1v) is 7.67. The van der Waals surface area contributed by atoms with Gasteiger partial charge in [-0.3, -0.25) is 4.68 Å². The molecule has 0 unspecified atom stereocenters. The summed E-state index contributed by atoms with van der Waals surface area (Å²) in [4.78, 5) is 4.45. The van der Waals surface area contributed by atoms with Crippen LogP contribution >= 0.6 is 11.3 Å². The fourth-order valence-electron chi connectivity index (χ4n) is 2.10. The van der Waals surface area contributed by atoms with E-state index >= 15 is 0 Å². The van der Waals surface area contributed by atoms with Crippen LogP contribution in [0, 0.1) is 6.92 Å². The lowest BCUT2D eigenvalue weighted by molar-refractivity contribution is 0.276. The lowest BCUT2D eigenvalue weighted by atomic mass is 10.3. The van der Waals surface area contributed by atoms with Gasteiger partial charge in [0.2, 0.25) is 0 Å². The Morgan fingerprint density at radius 1 is 1.38 bits per heavy atom. The van der Waals surface area contributed by atoms with Gasteiger partial charge in [-0.1, -0.05) is 5.21 Å². The molecule has 0 aliphatic heterocycles. The van der Waals surface area contributed by atoms with Gasteiger partial charge >= 0.3 is 0 Å². The summed E-state index contributed by atoms with van der Waals surface area (Å²) in [7, 11) is 0. The fourth-order valence-corrected chi connectivity index (χ4v) is 2.97. The monoisotopic (exact) mass is 303 g/mol. The number of hydrogen-bond donors (Lipinski definition) is 2. The van der Waals surface area contributed by atoms with Crippen LogP contribution in [0.3, 0.4) is 0 Å². The molecule has 0 fully saturated rings. The molecule has 1 aromatic carbocycles. The molecule has 0 spiro atoms. The maximum atomic E-state index is 8.80. The summed E-state index contributed by atoms with van der Waals surface area (Å²) in [6, 6.07) is 6.16. The van der Waals surface area contributed by atoms with E-state index in [9.17, 15) is 0 Å². The van der Waals surface area contributed by atoms with Gasteiger partial charge in [-0.05, 0) is 31.5 Å². The number of aliphatic hydroxyl groups is 1. The third-order valence-corrected chi connectivity index (χ3v) is 4.03. The Bertz CT molecular complexity index is 736. The number of thiazole rings is 1. The number of hydrogen-bond acceptors (Lipinski definition) is 6. The van der Waals surface area contributed by atoms with Crippen molar-refractivity contribution >= 4 is 27.2 Å². The number of aromatic nitrogens is 4. The molecule has 21 heavy (non-hydrogen) atoms. The third-order valence-electron chi connectivity index (χ3n) is 3.10. The van der Waals surface area contributed by atoms with E-state index in [2.05, 4.69) is 26.7 Å². The van der Waals surface area contributed by atoms with Crippen molar-refractivity contribution in [1.82, 2.24) is 20.0 Å². The molecule has 110 valence electrons. The van der Waals surface area contributed by atoms with Gasteiger partial charge in [0.15, 0.2) is 0 Å². The minimum Gasteiger partial charge on any atom is -0.396 e. The molecule has 0 aliphatic carbocycles. The number of anilines is 1. The van der Waals surface area contributed by atoms with Crippen LogP contribution in [0.1, 0.15) is 17.1 Å². The number of aliphatic hydroxyl groups excluding tert-OH is 1. The smallest absolute Gasteiger partial charge is 0.102 e. The molecule has 3 aromatic rings. The summed E-state index contributed by atoms with van der Waals surface area (Å²) in [6.07, 6.45) is 2.59. The average molecular weight is 303 g/mol. The summed E-state index contributed by atoms with van der Waals surface area (Å²) >= 11 is 1.69. The topological polar surface area (TPSA) is 75.9 Å². The fraction of sp³-hybridized carbons (Fsp3) is 0.357. The second-order valence-corrected chi connectivity index (χ2v) is 6.05. The van der Waals surface area contributed by atoms with Gasteiger partial charge in [-0.25, -0.2) is 4.98 Å². The zero-order valence-corrected chi connectivity index (χ0v) is 12.6. The van der Waals surface area contributed by atoms with Gasteiger partial charge in [0.05, 0.1) is 28.0 Å². The van der Waals surface area contributed by atoms with Gasteiger partial charge in [0.1, 0.15) is 5.69 Å². The molecule has 2 aromatic heterocycles. The van der Waals surface area contributed by atoms with Crippen molar-refractivity contribution in [3.8, 4) is 0 Å². The van der Waals surface area contributed by atoms with Crippen molar-refractivity contribution in [2.75, 3.05) is 11.9 Å². The summed E-state index contributed by atoms with van der Waals surface area (Å²) in [5.41, 5.74) is 2.97. The van der Waals surface area contributed by atoms with Gasteiger partial charge in [-0.15, -0.1) is 16.4 Å². The molecule has 0 radical (unpaired) electrons. The Labute approximate surface area is 126 Å². The Morgan fingerprint density at radius 3 is 3.14 bits per heavy atom. The number of nitrogens with zero attached hydrogens (tertiary/aromatic N) is 4. The molecule has 0 aliphatic rings. The lowest BCUT2D eigenvalue weighted by Gasteiger charge is -2.03. The van der Waals surface area contributed by atoms with Crippen molar-refractivity contribution < 1.29 is 5.11 Å². The number of nitrogens with one attached hydrogen (secondary N) is 1. The summed E-state index contributed by atoms with van der Waals surface area (Å²) in [6.45, 7) is 3.50. The summed E-state index contributed by atoms with van der Waals surface area (Å²) in [5.74, 6) is 0. The molecule has 0 saturated heterocycles. The van der Waals surface area contributed by atoms with Gasteiger partial charge in [0.25, 0.3) is 0 Å². The number of aryl methyl sites for hydroxylation is 2. The number of benzene rings is 1. The highest BCUT2D eigenvalue weighted by atomic mass is 32.1. The van der Waals surface area contributed by atoms with Crippen molar-refractivity contribution in [1.29, 1.82) is 0 Å². The maximum Gasteiger partial charge on any atom is 0.102 e. The van der Waals surface area contributed by atoms with Crippen LogP contribution in [-0.4, -0.2) is 31.7 Å². The normalized spacial score (nSPS) is 11.1. The quantitative estimate of drug-likeness (QED) is 0.730. The molecular weight excluding hydrogens is 286 g/mol. The predicted octanol–water partition coefficient (Wildman–Crippen LogP) is 2.19. The Morgan fingerprint density at radius 2 is 2.29 bits per heavy atom. The largest absolute Gasteiger partial charge is 0.396 e. The van der Waals surface area contributed by atoms with E-state index in [0.717, 1.165) is 21.9 Å². The molecule has 0 amide bonds. The van der Waals surface area contributed by atoms with E-state index in [0.29, 0.717) is 19.5 Å². The second-order valence-electron chi connectivity index (χ2n) is 4.82. The molecule has 0 bridgehead atoms. The van der Waals surface area contributed by atoms with Crippen LogP contribution in [0.15, 0.2) is 24.4 Å². The minimum absolute atomic E-state index is 0.168. The molecule has 2 N–H and O–H groups in total. The lowest BCUT2D eigenvalue weighted by Crippen LogP contribution is -2.01. The van der Waals surface area contributed by atoms with Crippen LogP contribution < -0.4 is 5.32 Å². The SMILES string of the molecule is Cc1nc2ccc(NCc3cn(CCCO)nn3)cc2s1. The van der Waals surface area contributed by atoms with Crippen LogP contribution in [0.4, 0.5) is 5.69 Å². The molecule has 0 saturated carbocycles. The van der Waals surface area contributed by atoms with Crippen molar-refractivity contribution in [3.63, 3.8) is 0 Å². The van der Waals surface area contributed by atoms with Gasteiger partial charge < -0.3 is 10.4 Å². The average Bonchev–Trinajstić information content (AvgIpc) is 3.07. The van der Waals surface area contributed by atoms with E-state index in [4.69, 9.17) is 5.11 Å². The molecule has 6 nitrogen and oxygen atoms in total. The van der Waals surface area contributed by atoms with Crippen LogP contribution in [0.2, 0.25) is 0 Å². The van der Waals surface area contributed by atoms with Crippen molar-refractivity contribution in [3.05, 3.63) is 35.1 Å². The zero-order chi connectivity index (χ0) is 14.7. The first kappa shape index (κ1) is 14.0. The van der Waals surface area contributed by atoms with E-state index in [1.165, 1.54) is 4.70 Å². The van der Waals surface area contributed by atoms with Crippen molar-refractivity contribution in [2.45, 2.75) is 26.4 Å². The summed E-state index contributed by atoms with van der Waals surface area (Å²) in [5, 5.41) is 21.4. The van der Waals surface area contributed by atoms with Crippen LogP contribution in [0.25, 0.3) is 10.2 Å². The third kappa shape index (κ3) is 3.37. The molecular formula is C14H17N5OS. The van der Waals surface area contributed by atoms with Gasteiger partial charge in [0, 0.05) is 18.8 Å². The minimum atomic E-state index is 0.168. The first-order chi connectivity index (χ1) is 10.2. The van der Waals surface area contributed by atoms with Crippen LogP contribution in [0.5, 0.6) is 0 Å². The predicted molar refractivity (Wildman–Crippen MR) is 83.4 cm³/mol. The summed E-state index contributed by atoms with van der Waals surface area (Å²) < 4.78 is 2.94. The Hall–Kier alpha value is -1.99. The highest BCUT2D eigenvalue weighted by Gasteiger charge is 2.03. The van der Waals surface area contributed by atoms with E-state index in [1.807, 2.05) is 25.3 Å². The Kier molecular flexibility index (Phi) is 4.12. The first-order valence-electron chi connectivity index (χ1n) is 6.85. The van der Waals surface area contributed by atoms with Crippen molar-refractivity contribution in [2.24, 2.45) is 0 Å².